The molecule has 0 aromatic carbocycles. The van der Waals surface area contributed by atoms with E-state index in [4.69, 9.17) is 0 Å². The van der Waals surface area contributed by atoms with Crippen LogP contribution in [0.15, 0.2) is 0 Å². The van der Waals surface area contributed by atoms with E-state index in [9.17, 15) is 4.57 Å². The maximum Gasteiger partial charge on any atom is 0.612 e. The van der Waals surface area contributed by atoms with Crippen molar-refractivity contribution >= 4 is 8.18 Å². The molecule has 1 N–H and O–H groups in total. The molecule has 4 heteroatoms. The van der Waals surface area contributed by atoms with Gasteiger partial charge in [0.15, 0.2) is 0 Å². The molecule has 0 radical (unpaired) electrons. The molecule has 0 amide bonds. The van der Waals surface area contributed by atoms with Gasteiger partial charge in [0.25, 0.3) is 0 Å². The van der Waals surface area contributed by atoms with Crippen LogP contribution in [0, 0.1) is 0 Å². The molecule has 0 aliphatic rings. The Bertz CT molecular complexity index is 68.4. The van der Waals surface area contributed by atoms with Gasteiger partial charge in [-0.15, -0.1) is 4.52 Å². The fourth-order valence-electron chi connectivity index (χ4n) is 0.292. The van der Waals surface area contributed by atoms with E-state index in [1.165, 1.54) is 0 Å². The number of hydrogen-bond acceptors (Lipinski definition) is 2. The van der Waals surface area contributed by atoms with Crippen molar-refractivity contribution in [2.24, 2.45) is 0 Å². The summed E-state index contributed by atoms with van der Waals surface area (Å²) in [7, 11) is -1.58. The summed E-state index contributed by atoms with van der Waals surface area (Å²) in [5, 5.41) is 2.63. The molecule has 8 heavy (non-hydrogen) atoms. The van der Waals surface area contributed by atoms with Crippen molar-refractivity contribution in [2.75, 3.05) is 13.2 Å². The average Bonchev–Trinajstić information content (AvgIpc) is 1.68. The van der Waals surface area contributed by atoms with Gasteiger partial charge in [0.2, 0.25) is 0 Å². The van der Waals surface area contributed by atoms with Gasteiger partial charge in [-0.1, -0.05) is 5.09 Å². The maximum atomic E-state index is 10.5. The molecule has 0 saturated carbocycles. The molecule has 0 fully saturated rings. The highest BCUT2D eigenvalue weighted by molar-refractivity contribution is 7.36. The van der Waals surface area contributed by atoms with E-state index < -0.39 is 8.18 Å². The summed E-state index contributed by atoms with van der Waals surface area (Å²) >= 11 is 0. The summed E-state index contributed by atoms with van der Waals surface area (Å²) in [5.74, 6) is 0. The second-order valence-electron chi connectivity index (χ2n) is 1.19. The van der Waals surface area contributed by atoms with Crippen LogP contribution >= 0.6 is 8.18 Å². The first-order valence-electron chi connectivity index (χ1n) is 2.65. The lowest BCUT2D eigenvalue weighted by Crippen LogP contribution is -2.01. The third-order valence-electron chi connectivity index (χ3n) is 0.534. The standard InChI is InChI=1S/C4H11NO2P/c1-3-5-8(6)7-4-2/h3-4H2,1-2H3,(H,5,6)/q+1. The highest BCUT2D eigenvalue weighted by atomic mass is 31.1. The summed E-state index contributed by atoms with van der Waals surface area (Å²) < 4.78 is 15.1. The second kappa shape index (κ2) is 5.16. The van der Waals surface area contributed by atoms with Gasteiger partial charge in [-0.05, 0) is 18.4 Å². The molecule has 0 spiro atoms. The first-order chi connectivity index (χ1) is 3.81. The Hall–Kier alpha value is 0.0200. The van der Waals surface area contributed by atoms with Gasteiger partial charge < -0.3 is 0 Å². The Morgan fingerprint density at radius 2 is 2.25 bits per heavy atom. The van der Waals surface area contributed by atoms with Crippen molar-refractivity contribution < 1.29 is 9.09 Å². The topological polar surface area (TPSA) is 38.3 Å². The third-order valence-corrected chi connectivity index (χ3v) is 1.60. The van der Waals surface area contributed by atoms with Crippen molar-refractivity contribution in [3.63, 3.8) is 0 Å². The lowest BCUT2D eigenvalue weighted by Gasteiger charge is -1.80. The molecule has 0 aromatic rings. The smallest absolute Gasteiger partial charge is 0.130 e. The molecule has 0 aliphatic carbocycles. The predicted molar refractivity (Wildman–Crippen MR) is 32.9 cm³/mol. The van der Waals surface area contributed by atoms with Crippen LogP contribution in [-0.2, 0) is 9.09 Å². The molecule has 0 heterocycles. The normalized spacial score (nSPS) is 11.5. The molecule has 1 unspecified atom stereocenters. The molecule has 0 aromatic heterocycles. The van der Waals surface area contributed by atoms with Crippen LogP contribution in [0.1, 0.15) is 13.8 Å². The van der Waals surface area contributed by atoms with Crippen LogP contribution in [0.5, 0.6) is 0 Å². The van der Waals surface area contributed by atoms with Gasteiger partial charge >= 0.3 is 8.18 Å². The fourth-order valence-corrected chi connectivity index (χ4v) is 0.876. The van der Waals surface area contributed by atoms with E-state index in [-0.39, 0.29) is 0 Å². The first-order valence-corrected chi connectivity index (χ1v) is 3.82. The van der Waals surface area contributed by atoms with Gasteiger partial charge in [-0.3, -0.25) is 0 Å². The van der Waals surface area contributed by atoms with Crippen LogP contribution in [0.2, 0.25) is 0 Å². The monoisotopic (exact) mass is 136 g/mol. The SMILES string of the molecule is CCN[P+](=O)OCC. The maximum absolute atomic E-state index is 10.5. The van der Waals surface area contributed by atoms with Crippen LogP contribution in [-0.4, -0.2) is 13.2 Å². The first kappa shape index (κ1) is 8.02. The van der Waals surface area contributed by atoms with Crippen molar-refractivity contribution in [1.29, 1.82) is 0 Å². The molecular weight excluding hydrogens is 125 g/mol. The average molecular weight is 136 g/mol. The quantitative estimate of drug-likeness (QED) is 0.592. The zero-order valence-electron chi connectivity index (χ0n) is 5.18. The molecule has 0 rings (SSSR count). The van der Waals surface area contributed by atoms with Crippen molar-refractivity contribution in [1.82, 2.24) is 5.09 Å². The molecule has 0 bridgehead atoms. The highest BCUT2D eigenvalue weighted by Crippen LogP contribution is 2.13. The third kappa shape index (κ3) is 4.19. The van der Waals surface area contributed by atoms with Gasteiger partial charge in [0, 0.05) is 6.54 Å². The minimum absolute atomic E-state index is 0.502. The second-order valence-corrected chi connectivity index (χ2v) is 2.28. The Morgan fingerprint density at radius 1 is 1.62 bits per heavy atom. The Morgan fingerprint density at radius 3 is 2.62 bits per heavy atom. The summed E-state index contributed by atoms with van der Waals surface area (Å²) in [4.78, 5) is 0. The number of rotatable bonds is 4. The lowest BCUT2D eigenvalue weighted by atomic mass is 10.8. The van der Waals surface area contributed by atoms with Gasteiger partial charge in [-0.2, -0.15) is 0 Å². The van der Waals surface area contributed by atoms with Crippen molar-refractivity contribution in [2.45, 2.75) is 13.8 Å². The van der Waals surface area contributed by atoms with E-state index in [0.29, 0.717) is 13.2 Å². The Balaban J connectivity index is 3.06. The number of hydrogen-bond donors (Lipinski definition) is 1. The van der Waals surface area contributed by atoms with Gasteiger partial charge in [0.1, 0.15) is 6.61 Å². The number of nitrogens with one attached hydrogen (secondary N) is 1. The van der Waals surface area contributed by atoms with Crippen LogP contribution in [0.4, 0.5) is 0 Å². The van der Waals surface area contributed by atoms with E-state index in [1.807, 2.05) is 13.8 Å². The lowest BCUT2D eigenvalue weighted by molar-refractivity contribution is 0.343. The summed E-state index contributed by atoms with van der Waals surface area (Å²) in [6.45, 7) is 4.88. The zero-order valence-corrected chi connectivity index (χ0v) is 6.07. The van der Waals surface area contributed by atoms with Crippen LogP contribution < -0.4 is 5.09 Å². The molecule has 1 atom stereocenters. The molecular formula is C4H11NO2P+. The largest absolute Gasteiger partial charge is 0.612 e. The minimum atomic E-state index is -1.58. The Kier molecular flexibility index (Phi) is 5.18. The van der Waals surface area contributed by atoms with Crippen LogP contribution in [0.3, 0.4) is 0 Å². The Labute approximate surface area is 50.3 Å². The molecule has 0 saturated heterocycles. The molecule has 0 aliphatic heterocycles. The highest BCUT2D eigenvalue weighted by Gasteiger charge is 2.12. The van der Waals surface area contributed by atoms with Gasteiger partial charge in [0.05, 0.1) is 0 Å². The predicted octanol–water partition coefficient (Wildman–Crippen LogP) is 1.29. The zero-order chi connectivity index (χ0) is 6.41. The van der Waals surface area contributed by atoms with Crippen molar-refractivity contribution in [3.05, 3.63) is 0 Å². The minimum Gasteiger partial charge on any atom is -0.130 e. The van der Waals surface area contributed by atoms with E-state index in [2.05, 4.69) is 9.61 Å². The van der Waals surface area contributed by atoms with E-state index >= 15 is 0 Å². The molecule has 3 nitrogen and oxygen atoms in total. The summed E-state index contributed by atoms with van der Waals surface area (Å²) in [6.07, 6.45) is 0. The molecule has 48 valence electrons. The van der Waals surface area contributed by atoms with E-state index in [1.54, 1.807) is 0 Å². The van der Waals surface area contributed by atoms with Gasteiger partial charge in [-0.25, -0.2) is 0 Å². The van der Waals surface area contributed by atoms with Crippen molar-refractivity contribution in [3.8, 4) is 0 Å². The van der Waals surface area contributed by atoms with Crippen LogP contribution in [0.25, 0.3) is 0 Å². The fraction of sp³-hybridized carbons (Fsp3) is 1.00. The van der Waals surface area contributed by atoms with E-state index in [0.717, 1.165) is 0 Å². The summed E-state index contributed by atoms with van der Waals surface area (Å²) in [5.41, 5.74) is 0. The summed E-state index contributed by atoms with van der Waals surface area (Å²) in [6, 6.07) is 0.